The van der Waals surface area contributed by atoms with Crippen LogP contribution in [-0.2, 0) is 35.8 Å². The highest BCUT2D eigenvalue weighted by Crippen LogP contribution is 2.42. The average molecular weight is 569 g/mol. The second kappa shape index (κ2) is 12.7. The van der Waals surface area contributed by atoms with E-state index in [4.69, 9.17) is 18.9 Å². The van der Waals surface area contributed by atoms with E-state index in [1.165, 1.54) is 12.0 Å². The largest absolute Gasteiger partial charge is 0.496 e. The van der Waals surface area contributed by atoms with E-state index in [-0.39, 0.29) is 25.5 Å². The summed E-state index contributed by atoms with van der Waals surface area (Å²) in [6, 6.07) is 8.52. The Morgan fingerprint density at radius 2 is 1.73 bits per heavy atom. The standard InChI is InChI=1S/C32H44N2O7/c1-31(2,3)27-28(35)34-20-32(40-6,19-25(34)29(36)39-5)24-14-13-21-18-26(38-4)22(16-23(21)17-24)12-10-8-7-9-11-15-41-30(37)33-27/h13-14,16-18,25,27H,7-12,15,19-20H2,1-6H3,(H,33,37)/t25-,27+,32-/m0/s1. The summed E-state index contributed by atoms with van der Waals surface area (Å²) in [6.07, 6.45) is 5.28. The van der Waals surface area contributed by atoms with Gasteiger partial charge in [-0.05, 0) is 64.8 Å². The van der Waals surface area contributed by atoms with Crippen molar-refractivity contribution in [1.82, 2.24) is 10.2 Å². The predicted octanol–water partition coefficient (Wildman–Crippen LogP) is 5.11. The number of benzene rings is 2. The van der Waals surface area contributed by atoms with E-state index in [1.807, 2.05) is 32.9 Å². The molecule has 1 saturated heterocycles. The summed E-state index contributed by atoms with van der Waals surface area (Å²) in [5.41, 5.74) is 0.403. The van der Waals surface area contributed by atoms with Gasteiger partial charge in [0.05, 0.1) is 27.4 Å². The van der Waals surface area contributed by atoms with Crippen LogP contribution in [-0.4, -0.2) is 69.4 Å². The van der Waals surface area contributed by atoms with Gasteiger partial charge in [0.25, 0.3) is 0 Å². The third kappa shape index (κ3) is 6.61. The second-order valence-electron chi connectivity index (χ2n) is 12.2. The highest BCUT2D eigenvalue weighted by Gasteiger charge is 2.53. The fraction of sp³-hybridized carbons (Fsp3) is 0.594. The normalized spacial score (nSPS) is 24.7. The van der Waals surface area contributed by atoms with Gasteiger partial charge in [-0.2, -0.15) is 0 Å². The molecule has 0 radical (unpaired) electrons. The van der Waals surface area contributed by atoms with Crippen LogP contribution in [0.2, 0.25) is 0 Å². The molecule has 2 heterocycles. The maximum atomic E-state index is 14.1. The lowest BCUT2D eigenvalue weighted by atomic mass is 9.85. The van der Waals surface area contributed by atoms with Crippen LogP contribution < -0.4 is 10.1 Å². The number of cyclic esters (lactones) is 1. The van der Waals surface area contributed by atoms with Crippen LogP contribution in [0.1, 0.15) is 70.4 Å². The number of esters is 1. The minimum atomic E-state index is -0.952. The van der Waals surface area contributed by atoms with Gasteiger partial charge in [-0.1, -0.05) is 52.2 Å². The molecule has 0 aliphatic carbocycles. The van der Waals surface area contributed by atoms with Gasteiger partial charge in [-0.15, -0.1) is 0 Å². The number of aryl methyl sites for hydroxylation is 1. The van der Waals surface area contributed by atoms with E-state index in [0.717, 1.165) is 66.2 Å². The average Bonchev–Trinajstić information content (AvgIpc) is 3.36. The number of nitrogens with one attached hydrogen (secondary N) is 1. The number of carbonyl (C=O) groups excluding carboxylic acids is 3. The highest BCUT2D eigenvalue weighted by molar-refractivity contribution is 5.91. The smallest absolute Gasteiger partial charge is 0.407 e. The molecule has 2 aliphatic rings. The minimum Gasteiger partial charge on any atom is -0.496 e. The van der Waals surface area contributed by atoms with E-state index < -0.39 is 35.2 Å². The molecule has 41 heavy (non-hydrogen) atoms. The summed E-state index contributed by atoms with van der Waals surface area (Å²) in [5.74, 6) is -0.0467. The fourth-order valence-electron chi connectivity index (χ4n) is 6.00. The number of carbonyl (C=O) groups is 3. The Morgan fingerprint density at radius 1 is 1.00 bits per heavy atom. The third-order valence-electron chi connectivity index (χ3n) is 8.44. The zero-order chi connectivity index (χ0) is 29.8. The summed E-state index contributed by atoms with van der Waals surface area (Å²) in [6.45, 7) is 6.01. The Bertz CT molecular complexity index is 1270. The van der Waals surface area contributed by atoms with Crippen LogP contribution in [0.4, 0.5) is 4.79 Å². The Labute approximate surface area is 242 Å². The zero-order valence-electron chi connectivity index (χ0n) is 25.2. The van der Waals surface area contributed by atoms with E-state index >= 15 is 0 Å². The van der Waals surface area contributed by atoms with Gasteiger partial charge in [0.1, 0.15) is 23.4 Å². The molecule has 9 heteroatoms. The number of ether oxygens (including phenoxy) is 4. The van der Waals surface area contributed by atoms with Crippen molar-refractivity contribution in [3.05, 3.63) is 41.5 Å². The Hall–Kier alpha value is -3.33. The summed E-state index contributed by atoms with van der Waals surface area (Å²) >= 11 is 0. The number of hydrogen-bond acceptors (Lipinski definition) is 7. The molecule has 3 atom stereocenters. The molecule has 0 spiro atoms. The molecule has 0 saturated carbocycles. The first-order chi connectivity index (χ1) is 19.5. The van der Waals surface area contributed by atoms with Crippen molar-refractivity contribution in [2.75, 3.05) is 34.5 Å². The van der Waals surface area contributed by atoms with E-state index in [1.54, 1.807) is 14.2 Å². The van der Waals surface area contributed by atoms with Gasteiger partial charge in [0.15, 0.2) is 0 Å². The first kappa shape index (κ1) is 30.6. The van der Waals surface area contributed by atoms with Crippen molar-refractivity contribution in [3.8, 4) is 5.75 Å². The number of hydrogen-bond donors (Lipinski definition) is 1. The van der Waals surface area contributed by atoms with Crippen molar-refractivity contribution in [2.45, 2.75) is 83.4 Å². The van der Waals surface area contributed by atoms with Crippen LogP contribution in [0, 0.1) is 5.41 Å². The van der Waals surface area contributed by atoms with E-state index in [2.05, 4.69) is 23.5 Å². The lowest BCUT2D eigenvalue weighted by Gasteiger charge is -2.35. The molecule has 5 bridgehead atoms. The molecule has 9 nitrogen and oxygen atoms in total. The third-order valence-corrected chi connectivity index (χ3v) is 8.44. The van der Waals surface area contributed by atoms with Gasteiger partial charge < -0.3 is 29.2 Å². The Kier molecular flexibility index (Phi) is 9.47. The number of methoxy groups -OCH3 is 3. The SMILES string of the molecule is COC(=O)[C@@H]1C[C@]2(OC)CN1C(=O)[C@H](C(C)(C)C)NC(=O)OCCCCCCCc1cc3cc2ccc3cc1OC. The first-order valence-corrected chi connectivity index (χ1v) is 14.5. The lowest BCUT2D eigenvalue weighted by Crippen LogP contribution is -2.57. The molecule has 2 aliphatic heterocycles. The van der Waals surface area contributed by atoms with Crippen LogP contribution in [0.3, 0.4) is 0 Å². The molecule has 0 unspecified atom stereocenters. The van der Waals surface area contributed by atoms with Gasteiger partial charge in [0.2, 0.25) is 5.91 Å². The fourth-order valence-corrected chi connectivity index (χ4v) is 6.00. The van der Waals surface area contributed by atoms with Crippen molar-refractivity contribution < 1.29 is 33.3 Å². The molecule has 1 fully saturated rings. The van der Waals surface area contributed by atoms with Crippen molar-refractivity contribution in [1.29, 1.82) is 0 Å². The number of nitrogens with zero attached hydrogens (tertiary/aromatic N) is 1. The summed E-state index contributed by atoms with van der Waals surface area (Å²) in [4.78, 5) is 41.4. The molecule has 224 valence electrons. The summed E-state index contributed by atoms with van der Waals surface area (Å²) in [5, 5.41) is 4.86. The quantitative estimate of drug-likeness (QED) is 0.513. The van der Waals surface area contributed by atoms with Gasteiger partial charge in [-0.3, -0.25) is 4.79 Å². The number of rotatable bonds is 3. The zero-order valence-corrected chi connectivity index (χ0v) is 25.2. The van der Waals surface area contributed by atoms with E-state index in [9.17, 15) is 14.4 Å². The summed E-state index contributed by atoms with van der Waals surface area (Å²) in [7, 11) is 4.61. The van der Waals surface area contributed by atoms with Gasteiger partial charge >= 0.3 is 12.1 Å². The van der Waals surface area contributed by atoms with Gasteiger partial charge in [0, 0.05) is 13.5 Å². The molecule has 4 rings (SSSR count). The van der Waals surface area contributed by atoms with E-state index in [0.29, 0.717) is 0 Å². The topological polar surface area (TPSA) is 103 Å². The second-order valence-corrected chi connectivity index (χ2v) is 12.2. The van der Waals surface area contributed by atoms with Crippen LogP contribution in [0.25, 0.3) is 10.8 Å². The maximum Gasteiger partial charge on any atom is 0.407 e. The Morgan fingerprint density at radius 3 is 2.41 bits per heavy atom. The molecule has 2 aromatic rings. The summed E-state index contributed by atoms with van der Waals surface area (Å²) < 4.78 is 22.4. The molecule has 2 amide bonds. The molecule has 1 N–H and O–H groups in total. The maximum absolute atomic E-state index is 14.1. The van der Waals surface area contributed by atoms with Crippen molar-refractivity contribution in [2.24, 2.45) is 5.41 Å². The number of fused-ring (bicyclic) bond motifs is 5. The van der Waals surface area contributed by atoms with Crippen molar-refractivity contribution in [3.63, 3.8) is 0 Å². The molecular formula is C32H44N2O7. The molecule has 2 aromatic carbocycles. The van der Waals surface area contributed by atoms with Crippen molar-refractivity contribution >= 4 is 28.7 Å². The lowest BCUT2D eigenvalue weighted by molar-refractivity contribution is -0.152. The Balaban J connectivity index is 1.80. The van der Waals surface area contributed by atoms with Crippen LogP contribution in [0.15, 0.2) is 30.3 Å². The predicted molar refractivity (Wildman–Crippen MR) is 156 cm³/mol. The highest BCUT2D eigenvalue weighted by atomic mass is 16.5. The monoisotopic (exact) mass is 568 g/mol. The minimum absolute atomic E-state index is 0.125. The molecular weight excluding hydrogens is 524 g/mol. The molecule has 0 aromatic heterocycles. The van der Waals surface area contributed by atoms with Gasteiger partial charge in [-0.25, -0.2) is 9.59 Å². The first-order valence-electron chi connectivity index (χ1n) is 14.5. The van der Waals surface area contributed by atoms with Crippen LogP contribution in [0.5, 0.6) is 5.75 Å². The van der Waals surface area contributed by atoms with Crippen LogP contribution >= 0.6 is 0 Å². The number of alkyl carbamates (subject to hydrolysis) is 1. The number of amides is 2.